The van der Waals surface area contributed by atoms with Gasteiger partial charge in [-0.2, -0.15) is 0 Å². The maximum absolute atomic E-state index is 13.1. The molecule has 0 bridgehead atoms. The van der Waals surface area contributed by atoms with E-state index in [4.69, 9.17) is 5.11 Å². The molecule has 2 aromatic carbocycles. The Balaban J connectivity index is 2.33. The van der Waals surface area contributed by atoms with Crippen LogP contribution in [-0.4, -0.2) is 20.7 Å². The zero-order valence-electron chi connectivity index (χ0n) is 11.5. The van der Waals surface area contributed by atoms with E-state index in [9.17, 15) is 14.3 Å². The molecule has 0 saturated heterocycles. The van der Waals surface area contributed by atoms with E-state index in [1.54, 1.807) is 12.1 Å². The Morgan fingerprint density at radius 2 is 1.86 bits per heavy atom. The summed E-state index contributed by atoms with van der Waals surface area (Å²) < 4.78 is 15.8. The predicted molar refractivity (Wildman–Crippen MR) is 89.7 cm³/mol. The van der Waals surface area contributed by atoms with Crippen molar-refractivity contribution < 1.29 is 19.4 Å². The van der Waals surface area contributed by atoms with Crippen LogP contribution in [0.3, 0.4) is 0 Å². The first-order chi connectivity index (χ1) is 10.4. The number of aromatic hydroxyl groups is 1. The summed E-state index contributed by atoms with van der Waals surface area (Å²) in [6.07, 6.45) is 0. The molecule has 0 saturated carbocycles. The quantitative estimate of drug-likeness (QED) is 0.627. The molecule has 3 rings (SSSR count). The lowest BCUT2D eigenvalue weighted by atomic mass is 10.1. The Morgan fingerprint density at radius 1 is 1.23 bits per heavy atom. The Labute approximate surface area is 138 Å². The maximum Gasteiger partial charge on any atom is 0.339 e. The van der Waals surface area contributed by atoms with Crippen molar-refractivity contribution in [2.24, 2.45) is 7.05 Å². The normalized spacial score (nSPS) is 11.0. The van der Waals surface area contributed by atoms with Gasteiger partial charge < -0.3 is 14.8 Å². The smallest absolute Gasteiger partial charge is 0.339 e. The van der Waals surface area contributed by atoms with Crippen molar-refractivity contribution >= 4 is 39.5 Å². The van der Waals surface area contributed by atoms with Crippen molar-refractivity contribution in [3.63, 3.8) is 0 Å². The van der Waals surface area contributed by atoms with Gasteiger partial charge in [0.2, 0.25) is 0 Å². The van der Waals surface area contributed by atoms with Crippen molar-refractivity contribution in [1.82, 2.24) is 4.57 Å². The summed E-state index contributed by atoms with van der Waals surface area (Å²) in [5.41, 5.74) is 2.24. The van der Waals surface area contributed by atoms with E-state index in [0.29, 0.717) is 5.52 Å². The summed E-state index contributed by atoms with van der Waals surface area (Å²) in [6.45, 7) is 0. The number of rotatable bonds is 2. The molecule has 0 atom stereocenters. The number of phenols is 1. The number of fused-ring (bicyclic) bond motifs is 1. The second-order valence-corrected chi connectivity index (χ2v) is 6.00. The monoisotopic (exact) mass is 411 g/mol. The van der Waals surface area contributed by atoms with Crippen LogP contribution >= 0.6 is 22.6 Å². The van der Waals surface area contributed by atoms with E-state index >= 15 is 0 Å². The SMILES string of the molecule is Cn1c(-c2ccc(F)cc2)c(I)c2cc(C(=O)O)c(O)cc21. The molecule has 0 unspecified atom stereocenters. The van der Waals surface area contributed by atoms with Gasteiger partial charge >= 0.3 is 5.97 Å². The minimum atomic E-state index is -1.18. The van der Waals surface area contributed by atoms with E-state index < -0.39 is 5.97 Å². The molecule has 22 heavy (non-hydrogen) atoms. The third kappa shape index (κ3) is 2.23. The average Bonchev–Trinajstić information content (AvgIpc) is 2.71. The van der Waals surface area contributed by atoms with Crippen molar-refractivity contribution in [3.05, 3.63) is 51.3 Å². The van der Waals surface area contributed by atoms with Crippen LogP contribution in [0, 0.1) is 9.39 Å². The largest absolute Gasteiger partial charge is 0.507 e. The first-order valence-corrected chi connectivity index (χ1v) is 7.48. The van der Waals surface area contributed by atoms with Gasteiger partial charge in [-0.15, -0.1) is 0 Å². The number of nitrogens with zero attached hydrogens (tertiary/aromatic N) is 1. The second-order valence-electron chi connectivity index (χ2n) is 4.92. The third-order valence-electron chi connectivity index (χ3n) is 3.60. The van der Waals surface area contributed by atoms with E-state index in [2.05, 4.69) is 22.6 Å². The maximum atomic E-state index is 13.1. The Kier molecular flexibility index (Phi) is 3.56. The molecule has 0 aliphatic heterocycles. The number of hydrogen-bond acceptors (Lipinski definition) is 2. The van der Waals surface area contributed by atoms with Crippen molar-refractivity contribution in [2.45, 2.75) is 0 Å². The first-order valence-electron chi connectivity index (χ1n) is 6.40. The van der Waals surface area contributed by atoms with Crippen molar-refractivity contribution in [3.8, 4) is 17.0 Å². The van der Waals surface area contributed by atoms with Gasteiger partial charge in [0.15, 0.2) is 0 Å². The van der Waals surface area contributed by atoms with Crippen LogP contribution in [-0.2, 0) is 7.05 Å². The van der Waals surface area contributed by atoms with Gasteiger partial charge in [-0.05, 0) is 58.5 Å². The molecule has 0 fully saturated rings. The summed E-state index contributed by atoms with van der Waals surface area (Å²) in [6, 6.07) is 9.00. The number of halogens is 2. The van der Waals surface area contributed by atoms with Crippen LogP contribution < -0.4 is 0 Å². The topological polar surface area (TPSA) is 62.5 Å². The molecular weight excluding hydrogens is 400 g/mol. The molecule has 6 heteroatoms. The third-order valence-corrected chi connectivity index (χ3v) is 4.70. The van der Waals surface area contributed by atoms with Gasteiger partial charge in [0, 0.05) is 22.1 Å². The highest BCUT2D eigenvalue weighted by molar-refractivity contribution is 14.1. The number of aryl methyl sites for hydroxylation is 1. The summed E-state index contributed by atoms with van der Waals surface area (Å²) >= 11 is 2.13. The van der Waals surface area contributed by atoms with Gasteiger partial charge in [-0.1, -0.05) is 0 Å². The summed E-state index contributed by atoms with van der Waals surface area (Å²) in [5, 5.41) is 19.7. The Hall–Kier alpha value is -2.09. The van der Waals surface area contributed by atoms with Gasteiger partial charge in [0.25, 0.3) is 0 Å². The molecule has 0 radical (unpaired) electrons. The van der Waals surface area contributed by atoms with Crippen LogP contribution in [0.5, 0.6) is 5.75 Å². The van der Waals surface area contributed by atoms with Crippen molar-refractivity contribution in [2.75, 3.05) is 0 Å². The van der Waals surface area contributed by atoms with E-state index in [0.717, 1.165) is 20.2 Å². The fourth-order valence-corrected chi connectivity index (χ4v) is 3.63. The zero-order valence-corrected chi connectivity index (χ0v) is 13.6. The van der Waals surface area contributed by atoms with Gasteiger partial charge in [-0.3, -0.25) is 0 Å². The zero-order chi connectivity index (χ0) is 16.0. The molecule has 0 aliphatic rings. The molecule has 1 heterocycles. The molecule has 0 aliphatic carbocycles. The molecule has 2 N–H and O–H groups in total. The number of aromatic nitrogens is 1. The summed E-state index contributed by atoms with van der Waals surface area (Å²) in [4.78, 5) is 11.2. The second kappa shape index (κ2) is 5.28. The fraction of sp³-hybridized carbons (Fsp3) is 0.0625. The molecule has 4 nitrogen and oxygen atoms in total. The molecular formula is C16H11FINO3. The summed E-state index contributed by atoms with van der Waals surface area (Å²) in [7, 11) is 1.82. The lowest BCUT2D eigenvalue weighted by Gasteiger charge is -2.05. The van der Waals surface area contributed by atoms with Crippen LogP contribution in [0.4, 0.5) is 4.39 Å². The molecule has 112 valence electrons. The number of carboxylic acids is 1. The minimum absolute atomic E-state index is 0.137. The number of carbonyl (C=O) groups is 1. The number of hydrogen-bond donors (Lipinski definition) is 2. The Morgan fingerprint density at radius 3 is 2.45 bits per heavy atom. The van der Waals surface area contributed by atoms with Crippen LogP contribution in [0.1, 0.15) is 10.4 Å². The standard InChI is InChI=1S/C16H11FINO3/c1-19-12-7-13(20)11(16(21)22)6-10(12)14(18)15(19)8-2-4-9(17)5-3-8/h2-7,20H,1H3,(H,21,22). The van der Waals surface area contributed by atoms with E-state index in [-0.39, 0.29) is 17.1 Å². The highest BCUT2D eigenvalue weighted by Crippen LogP contribution is 2.37. The molecule has 1 aromatic heterocycles. The van der Waals surface area contributed by atoms with E-state index in [1.807, 2.05) is 11.6 Å². The molecule has 0 amide bonds. The lowest BCUT2D eigenvalue weighted by molar-refractivity contribution is 0.0694. The Bertz CT molecular complexity index is 900. The molecule has 0 spiro atoms. The highest BCUT2D eigenvalue weighted by Gasteiger charge is 2.19. The highest BCUT2D eigenvalue weighted by atomic mass is 127. The fourth-order valence-electron chi connectivity index (χ4n) is 2.53. The van der Waals surface area contributed by atoms with Crippen LogP contribution in [0.25, 0.3) is 22.2 Å². The van der Waals surface area contributed by atoms with Gasteiger partial charge in [0.05, 0.1) is 11.2 Å². The van der Waals surface area contributed by atoms with E-state index in [1.165, 1.54) is 24.3 Å². The number of carboxylic acid groups (broad SMARTS) is 1. The molecule has 3 aromatic rings. The van der Waals surface area contributed by atoms with Crippen molar-refractivity contribution in [1.29, 1.82) is 0 Å². The van der Waals surface area contributed by atoms with Gasteiger partial charge in [0.1, 0.15) is 17.1 Å². The number of aromatic carboxylic acids is 1. The number of benzene rings is 2. The van der Waals surface area contributed by atoms with Crippen LogP contribution in [0.15, 0.2) is 36.4 Å². The predicted octanol–water partition coefficient (Wildman–Crippen LogP) is 3.99. The first kappa shape index (κ1) is 14.8. The van der Waals surface area contributed by atoms with Gasteiger partial charge in [-0.25, -0.2) is 9.18 Å². The van der Waals surface area contributed by atoms with Crippen LogP contribution in [0.2, 0.25) is 0 Å². The summed E-state index contributed by atoms with van der Waals surface area (Å²) in [5.74, 6) is -1.77. The average molecular weight is 411 g/mol. The lowest BCUT2D eigenvalue weighted by Crippen LogP contribution is -1.97. The minimum Gasteiger partial charge on any atom is -0.507 e.